The molecule has 1 aliphatic rings. The Morgan fingerprint density at radius 3 is 2.58 bits per heavy atom. The van der Waals surface area contributed by atoms with Crippen LogP contribution in [0.2, 0.25) is 0 Å². The molecule has 0 aromatic heterocycles. The molecule has 6 nitrogen and oxygen atoms in total. The lowest BCUT2D eigenvalue weighted by molar-refractivity contribution is -0.116. The van der Waals surface area contributed by atoms with Crippen molar-refractivity contribution in [2.24, 2.45) is 0 Å². The quantitative estimate of drug-likeness (QED) is 0.587. The number of anilines is 1. The maximum atomic E-state index is 12.2. The molecule has 1 fully saturated rings. The van der Waals surface area contributed by atoms with E-state index in [0.29, 0.717) is 35.9 Å². The maximum absolute atomic E-state index is 12.2. The number of carbonyl (C=O) groups is 2. The Labute approximate surface area is 160 Å². The van der Waals surface area contributed by atoms with Gasteiger partial charge in [-0.05, 0) is 70.6 Å². The molecule has 0 saturated carbocycles. The topological polar surface area (TPSA) is 70.7 Å². The highest BCUT2D eigenvalue weighted by molar-refractivity contribution is 7.80. The molecule has 1 aliphatic heterocycles. The average molecular weight is 378 g/mol. The Kier molecular flexibility index (Phi) is 6.58. The standard InChI is InChI=1S/C19H27N3O3S/c1-5-25-17(24)14-6-8-15(9-7-14)20-16(23)10-11-22-13(2)12-19(3,4)21-18(22)26/h6-9,13H,5,10-12H2,1-4H3,(H,20,23)(H,21,26)/t13-/m0/s1. The Hall–Kier alpha value is -2.15. The number of esters is 1. The van der Waals surface area contributed by atoms with Gasteiger partial charge in [-0.1, -0.05) is 0 Å². The molecule has 1 aromatic rings. The van der Waals surface area contributed by atoms with E-state index in [1.165, 1.54) is 0 Å². The Morgan fingerprint density at radius 2 is 2.00 bits per heavy atom. The Bertz CT molecular complexity index is 673. The van der Waals surface area contributed by atoms with Gasteiger partial charge in [-0.3, -0.25) is 4.79 Å². The first-order valence-electron chi connectivity index (χ1n) is 8.87. The fourth-order valence-electron chi connectivity index (χ4n) is 3.13. The fraction of sp³-hybridized carbons (Fsp3) is 0.526. The van der Waals surface area contributed by atoms with E-state index in [1.54, 1.807) is 31.2 Å². The van der Waals surface area contributed by atoms with E-state index >= 15 is 0 Å². The van der Waals surface area contributed by atoms with Crippen LogP contribution in [0.25, 0.3) is 0 Å². The van der Waals surface area contributed by atoms with Crippen LogP contribution in [0.5, 0.6) is 0 Å². The smallest absolute Gasteiger partial charge is 0.338 e. The van der Waals surface area contributed by atoms with Crippen molar-refractivity contribution < 1.29 is 14.3 Å². The third-order valence-corrected chi connectivity index (χ3v) is 4.64. The van der Waals surface area contributed by atoms with Gasteiger partial charge in [0.15, 0.2) is 5.11 Å². The van der Waals surface area contributed by atoms with Crippen LogP contribution in [0, 0.1) is 0 Å². The highest BCUT2D eigenvalue weighted by atomic mass is 32.1. The van der Waals surface area contributed by atoms with Crippen LogP contribution >= 0.6 is 12.2 Å². The molecule has 1 heterocycles. The first-order valence-corrected chi connectivity index (χ1v) is 9.28. The van der Waals surface area contributed by atoms with Crippen LogP contribution in [-0.2, 0) is 9.53 Å². The van der Waals surface area contributed by atoms with Gasteiger partial charge >= 0.3 is 5.97 Å². The minimum absolute atomic E-state index is 0.0179. The first-order chi connectivity index (χ1) is 12.2. The van der Waals surface area contributed by atoms with Crippen molar-refractivity contribution in [3.05, 3.63) is 29.8 Å². The third-order valence-electron chi connectivity index (χ3n) is 4.30. The Morgan fingerprint density at radius 1 is 1.35 bits per heavy atom. The van der Waals surface area contributed by atoms with Crippen LogP contribution in [0.15, 0.2) is 24.3 Å². The summed E-state index contributed by atoms with van der Waals surface area (Å²) in [5.74, 6) is -0.456. The summed E-state index contributed by atoms with van der Waals surface area (Å²) in [6.07, 6.45) is 1.30. The number of thiocarbonyl (C=S) groups is 1. The number of benzene rings is 1. The average Bonchev–Trinajstić information content (AvgIpc) is 2.53. The predicted molar refractivity (Wildman–Crippen MR) is 106 cm³/mol. The van der Waals surface area contributed by atoms with Crippen molar-refractivity contribution in [1.29, 1.82) is 0 Å². The molecular formula is C19H27N3O3S. The number of nitrogens with zero attached hydrogens (tertiary/aromatic N) is 1. The van der Waals surface area contributed by atoms with Gasteiger partial charge in [-0.25, -0.2) is 4.79 Å². The maximum Gasteiger partial charge on any atom is 0.338 e. The van der Waals surface area contributed by atoms with Gasteiger partial charge in [0, 0.05) is 30.2 Å². The molecule has 0 aliphatic carbocycles. The van der Waals surface area contributed by atoms with Crippen molar-refractivity contribution in [2.45, 2.75) is 52.1 Å². The molecule has 2 rings (SSSR count). The molecular weight excluding hydrogens is 350 g/mol. The minimum atomic E-state index is -0.367. The Balaban J connectivity index is 1.85. The summed E-state index contributed by atoms with van der Waals surface area (Å²) in [6, 6.07) is 6.96. The first kappa shape index (κ1) is 20.2. The summed E-state index contributed by atoms with van der Waals surface area (Å²) in [5.41, 5.74) is 1.10. The number of hydrogen-bond donors (Lipinski definition) is 2. The van der Waals surface area contributed by atoms with E-state index in [4.69, 9.17) is 17.0 Å². The summed E-state index contributed by atoms with van der Waals surface area (Å²) in [5, 5.41) is 6.86. The van der Waals surface area contributed by atoms with Crippen LogP contribution < -0.4 is 10.6 Å². The van der Waals surface area contributed by atoms with Crippen LogP contribution in [0.3, 0.4) is 0 Å². The molecule has 1 aromatic carbocycles. The predicted octanol–water partition coefficient (Wildman–Crippen LogP) is 2.94. The molecule has 0 radical (unpaired) electrons. The zero-order chi connectivity index (χ0) is 19.3. The lowest BCUT2D eigenvalue weighted by Crippen LogP contribution is -2.60. The fourth-order valence-corrected chi connectivity index (χ4v) is 3.68. The molecule has 1 amide bonds. The molecule has 1 atom stereocenters. The van der Waals surface area contributed by atoms with Gasteiger partial charge in [0.25, 0.3) is 0 Å². The highest BCUT2D eigenvalue weighted by Crippen LogP contribution is 2.22. The summed E-state index contributed by atoms with van der Waals surface area (Å²) in [6.45, 7) is 9.04. The van der Waals surface area contributed by atoms with Crippen molar-refractivity contribution in [1.82, 2.24) is 10.2 Å². The minimum Gasteiger partial charge on any atom is -0.462 e. The lowest BCUT2D eigenvalue weighted by Gasteiger charge is -2.44. The second-order valence-electron chi connectivity index (χ2n) is 7.16. The van der Waals surface area contributed by atoms with Gasteiger partial charge in [-0.2, -0.15) is 0 Å². The third kappa shape index (κ3) is 5.42. The molecule has 142 valence electrons. The number of ether oxygens (including phenoxy) is 1. The molecule has 7 heteroatoms. The monoisotopic (exact) mass is 377 g/mol. The van der Waals surface area contributed by atoms with Crippen LogP contribution in [0.4, 0.5) is 5.69 Å². The molecule has 0 spiro atoms. The highest BCUT2D eigenvalue weighted by Gasteiger charge is 2.32. The molecule has 2 N–H and O–H groups in total. The van der Waals surface area contributed by atoms with E-state index in [2.05, 4.69) is 36.3 Å². The zero-order valence-electron chi connectivity index (χ0n) is 15.8. The van der Waals surface area contributed by atoms with E-state index in [-0.39, 0.29) is 23.5 Å². The van der Waals surface area contributed by atoms with Gasteiger partial charge in [-0.15, -0.1) is 0 Å². The van der Waals surface area contributed by atoms with E-state index in [0.717, 1.165) is 6.42 Å². The lowest BCUT2D eigenvalue weighted by atomic mass is 9.93. The van der Waals surface area contributed by atoms with Crippen molar-refractivity contribution in [2.75, 3.05) is 18.5 Å². The van der Waals surface area contributed by atoms with Crippen LogP contribution in [-0.4, -0.2) is 46.6 Å². The summed E-state index contributed by atoms with van der Waals surface area (Å²) >= 11 is 5.43. The number of nitrogens with one attached hydrogen (secondary N) is 2. The van der Waals surface area contributed by atoms with Crippen molar-refractivity contribution in [3.8, 4) is 0 Å². The normalized spacial score (nSPS) is 18.8. The molecule has 26 heavy (non-hydrogen) atoms. The SMILES string of the molecule is CCOC(=O)c1ccc(NC(=O)CCN2C(=S)NC(C)(C)C[C@@H]2C)cc1. The van der Waals surface area contributed by atoms with Gasteiger partial charge in [0.2, 0.25) is 5.91 Å². The van der Waals surface area contributed by atoms with E-state index in [9.17, 15) is 9.59 Å². The summed E-state index contributed by atoms with van der Waals surface area (Å²) < 4.78 is 4.94. The van der Waals surface area contributed by atoms with Crippen molar-refractivity contribution >= 4 is 34.9 Å². The number of carbonyl (C=O) groups excluding carboxylic acids is 2. The molecule has 0 bridgehead atoms. The van der Waals surface area contributed by atoms with Gasteiger partial charge < -0.3 is 20.3 Å². The van der Waals surface area contributed by atoms with Crippen LogP contribution in [0.1, 0.15) is 50.9 Å². The van der Waals surface area contributed by atoms with E-state index in [1.807, 2.05) is 0 Å². The van der Waals surface area contributed by atoms with E-state index < -0.39 is 0 Å². The van der Waals surface area contributed by atoms with Gasteiger partial charge in [0.1, 0.15) is 0 Å². The largest absolute Gasteiger partial charge is 0.462 e. The second-order valence-corrected chi connectivity index (χ2v) is 7.54. The number of rotatable bonds is 6. The molecule has 0 unspecified atom stereocenters. The van der Waals surface area contributed by atoms with Crippen molar-refractivity contribution in [3.63, 3.8) is 0 Å². The zero-order valence-corrected chi connectivity index (χ0v) is 16.6. The second kappa shape index (κ2) is 8.49. The molecule has 1 saturated heterocycles. The number of hydrogen-bond acceptors (Lipinski definition) is 4. The number of amides is 1. The summed E-state index contributed by atoms with van der Waals surface area (Å²) in [4.78, 5) is 25.9. The summed E-state index contributed by atoms with van der Waals surface area (Å²) in [7, 11) is 0. The van der Waals surface area contributed by atoms with Gasteiger partial charge in [0.05, 0.1) is 12.2 Å².